The van der Waals surface area contributed by atoms with Crippen molar-refractivity contribution < 1.29 is 9.59 Å². The summed E-state index contributed by atoms with van der Waals surface area (Å²) in [6.45, 7) is 1.85. The number of Topliss-reactive ketones (excluding diaryl/α,β-unsaturated/α-hetero) is 1. The van der Waals surface area contributed by atoms with E-state index in [9.17, 15) is 9.59 Å². The lowest BCUT2D eigenvalue weighted by atomic mass is 9.93. The van der Waals surface area contributed by atoms with Crippen LogP contribution in [0.1, 0.15) is 40.7 Å². The van der Waals surface area contributed by atoms with Crippen LogP contribution in [0.2, 0.25) is 0 Å². The van der Waals surface area contributed by atoms with Gasteiger partial charge in [-0.2, -0.15) is 4.99 Å². The minimum Gasteiger partial charge on any atom is -0.351 e. The summed E-state index contributed by atoms with van der Waals surface area (Å²) in [6.07, 6.45) is 4.43. The molecule has 1 saturated heterocycles. The standard InChI is InChI=1S/C30H24Br2N2O2S/c31-24-12-8-21(9-13-24)26(28-29(36)33-30(37-28)34-16-4-5-17-34)18-23(20-6-2-1-3-7-20)19-27(35)22-10-14-25(32)15-11-22/h1-3,6-15,18H,4-5,16-17,19H2/b23-18-,28-26+. The molecule has 2 heterocycles. The first kappa shape index (κ1) is 25.9. The Morgan fingerprint density at radius 3 is 2.05 bits per heavy atom. The largest absolute Gasteiger partial charge is 0.351 e. The van der Waals surface area contributed by atoms with Gasteiger partial charge < -0.3 is 4.90 Å². The molecular weight excluding hydrogens is 612 g/mol. The molecule has 3 aromatic rings. The zero-order valence-electron chi connectivity index (χ0n) is 20.0. The molecule has 37 heavy (non-hydrogen) atoms. The number of halogens is 2. The molecule has 0 atom stereocenters. The molecule has 2 aliphatic rings. The van der Waals surface area contributed by atoms with Crippen molar-refractivity contribution in [3.63, 3.8) is 0 Å². The van der Waals surface area contributed by atoms with Gasteiger partial charge in [0.25, 0.3) is 5.91 Å². The van der Waals surface area contributed by atoms with Crippen molar-refractivity contribution in [2.75, 3.05) is 13.1 Å². The smallest absolute Gasteiger partial charge is 0.286 e. The van der Waals surface area contributed by atoms with E-state index in [1.54, 1.807) is 0 Å². The van der Waals surface area contributed by atoms with E-state index in [-0.39, 0.29) is 18.1 Å². The predicted octanol–water partition coefficient (Wildman–Crippen LogP) is 8.00. The van der Waals surface area contributed by atoms with Crippen LogP contribution in [-0.2, 0) is 4.79 Å². The number of carbonyl (C=O) groups is 2. The minimum atomic E-state index is -0.229. The molecule has 7 heteroatoms. The molecule has 0 unspecified atom stereocenters. The van der Waals surface area contributed by atoms with E-state index < -0.39 is 0 Å². The maximum atomic E-state index is 13.3. The van der Waals surface area contributed by atoms with Crippen molar-refractivity contribution in [3.8, 4) is 0 Å². The second-order valence-corrected chi connectivity index (χ2v) is 11.7. The zero-order valence-corrected chi connectivity index (χ0v) is 24.0. The number of rotatable bonds is 6. The van der Waals surface area contributed by atoms with E-state index in [4.69, 9.17) is 0 Å². The number of allylic oxidation sites excluding steroid dienone is 3. The van der Waals surface area contributed by atoms with E-state index >= 15 is 0 Å². The Bertz CT molecular complexity index is 1410. The summed E-state index contributed by atoms with van der Waals surface area (Å²) in [7, 11) is 0. The molecule has 1 fully saturated rings. The molecular formula is C30H24Br2N2O2S. The third kappa shape index (κ3) is 6.22. The Morgan fingerprint density at radius 1 is 0.838 bits per heavy atom. The molecule has 0 saturated carbocycles. The van der Waals surface area contributed by atoms with Gasteiger partial charge in [0.05, 0.1) is 4.91 Å². The van der Waals surface area contributed by atoms with E-state index in [2.05, 4.69) is 41.8 Å². The Labute approximate surface area is 237 Å². The zero-order chi connectivity index (χ0) is 25.8. The molecule has 0 N–H and O–H groups in total. The van der Waals surface area contributed by atoms with Gasteiger partial charge in [0.2, 0.25) is 0 Å². The Balaban J connectivity index is 1.59. The maximum absolute atomic E-state index is 13.3. The van der Waals surface area contributed by atoms with Gasteiger partial charge in [-0.25, -0.2) is 0 Å². The van der Waals surface area contributed by atoms with Crippen molar-refractivity contribution in [3.05, 3.63) is 115 Å². The van der Waals surface area contributed by atoms with Gasteiger partial charge in [-0.15, -0.1) is 0 Å². The monoisotopic (exact) mass is 634 g/mol. The van der Waals surface area contributed by atoms with Crippen LogP contribution in [0.25, 0.3) is 11.1 Å². The minimum absolute atomic E-state index is 0.0159. The summed E-state index contributed by atoms with van der Waals surface area (Å²) in [4.78, 5) is 33.7. The number of benzene rings is 3. The van der Waals surface area contributed by atoms with Crippen LogP contribution < -0.4 is 0 Å². The number of thioether (sulfide) groups is 1. The van der Waals surface area contributed by atoms with Crippen LogP contribution in [0.15, 0.2) is 104 Å². The quantitative estimate of drug-likeness (QED) is 0.203. The average molecular weight is 636 g/mol. The van der Waals surface area contributed by atoms with E-state index in [1.165, 1.54) is 11.8 Å². The SMILES string of the molecule is O=C1N=C(N2CCCC2)S/C1=C(\C=C(\CC(=O)c1ccc(Br)cc1)c1ccccc1)c1ccc(Br)cc1. The van der Waals surface area contributed by atoms with Gasteiger partial charge in [0.1, 0.15) is 0 Å². The summed E-state index contributed by atoms with van der Waals surface area (Å²) in [5.41, 5.74) is 4.12. The van der Waals surface area contributed by atoms with Crippen LogP contribution in [0.3, 0.4) is 0 Å². The topological polar surface area (TPSA) is 49.7 Å². The number of nitrogens with zero attached hydrogens (tertiary/aromatic N) is 2. The maximum Gasteiger partial charge on any atom is 0.286 e. The van der Waals surface area contributed by atoms with Crippen molar-refractivity contribution in [1.82, 2.24) is 4.90 Å². The molecule has 0 spiro atoms. The van der Waals surface area contributed by atoms with Gasteiger partial charge in [-0.3, -0.25) is 9.59 Å². The highest BCUT2D eigenvalue weighted by Crippen LogP contribution is 2.38. The molecule has 186 valence electrons. The molecule has 0 radical (unpaired) electrons. The molecule has 5 rings (SSSR count). The number of hydrogen-bond acceptors (Lipinski definition) is 4. The lowest BCUT2D eigenvalue weighted by molar-refractivity contribution is -0.113. The molecule has 1 amide bonds. The van der Waals surface area contributed by atoms with Gasteiger partial charge in [-0.1, -0.05) is 86.5 Å². The molecule has 0 aromatic heterocycles. The van der Waals surface area contributed by atoms with Crippen molar-refractivity contribution >= 4 is 71.6 Å². The van der Waals surface area contributed by atoms with E-state index in [1.807, 2.05) is 84.9 Å². The van der Waals surface area contributed by atoms with Crippen molar-refractivity contribution in [2.24, 2.45) is 4.99 Å². The van der Waals surface area contributed by atoms with Crippen LogP contribution in [0.5, 0.6) is 0 Å². The van der Waals surface area contributed by atoms with Gasteiger partial charge in [-0.05, 0) is 71.6 Å². The number of ketones is 1. The third-order valence-electron chi connectivity index (χ3n) is 6.34. The molecule has 3 aromatic carbocycles. The number of amides is 1. The highest BCUT2D eigenvalue weighted by Gasteiger charge is 2.30. The van der Waals surface area contributed by atoms with E-state index in [0.29, 0.717) is 10.5 Å². The van der Waals surface area contributed by atoms with Crippen LogP contribution in [-0.4, -0.2) is 34.8 Å². The van der Waals surface area contributed by atoms with Crippen LogP contribution in [0.4, 0.5) is 0 Å². The third-order valence-corrected chi connectivity index (χ3v) is 8.53. The Kier molecular flexibility index (Phi) is 8.23. The van der Waals surface area contributed by atoms with Gasteiger partial charge >= 0.3 is 0 Å². The molecule has 2 aliphatic heterocycles. The lowest BCUT2D eigenvalue weighted by Crippen LogP contribution is -2.23. The predicted molar refractivity (Wildman–Crippen MR) is 159 cm³/mol. The van der Waals surface area contributed by atoms with Crippen molar-refractivity contribution in [1.29, 1.82) is 0 Å². The number of amidine groups is 1. The highest BCUT2D eigenvalue weighted by atomic mass is 79.9. The molecule has 4 nitrogen and oxygen atoms in total. The average Bonchev–Trinajstić information content (AvgIpc) is 3.58. The first-order chi connectivity index (χ1) is 18.0. The summed E-state index contributed by atoms with van der Waals surface area (Å²) >= 11 is 8.39. The summed E-state index contributed by atoms with van der Waals surface area (Å²) in [6, 6.07) is 25.2. The summed E-state index contributed by atoms with van der Waals surface area (Å²) in [5.74, 6) is -0.213. The first-order valence-corrected chi connectivity index (χ1v) is 14.5. The van der Waals surface area contributed by atoms with Crippen LogP contribution >= 0.6 is 43.6 Å². The van der Waals surface area contributed by atoms with Crippen molar-refractivity contribution in [2.45, 2.75) is 19.3 Å². The summed E-state index contributed by atoms with van der Waals surface area (Å²) < 4.78 is 1.88. The fourth-order valence-electron chi connectivity index (χ4n) is 4.39. The molecule has 0 aliphatic carbocycles. The van der Waals surface area contributed by atoms with Gasteiger partial charge in [0.15, 0.2) is 11.0 Å². The Hall–Kier alpha value is -2.74. The number of aliphatic imine (C=N–C) groups is 1. The number of carbonyl (C=O) groups excluding carboxylic acids is 2. The lowest BCUT2D eigenvalue weighted by Gasteiger charge is -2.16. The normalized spacial score (nSPS) is 17.2. The number of hydrogen-bond donors (Lipinski definition) is 0. The Morgan fingerprint density at radius 2 is 1.43 bits per heavy atom. The summed E-state index contributed by atoms with van der Waals surface area (Å²) in [5, 5.41) is 0.771. The first-order valence-electron chi connectivity index (χ1n) is 12.1. The van der Waals surface area contributed by atoms with E-state index in [0.717, 1.165) is 62.3 Å². The second-order valence-electron chi connectivity index (χ2n) is 8.89. The fraction of sp³-hybridized carbons (Fsp3) is 0.167. The molecule has 0 bridgehead atoms. The van der Waals surface area contributed by atoms with Gasteiger partial charge in [0, 0.05) is 39.6 Å². The number of likely N-dealkylation sites (tertiary alicyclic amines) is 1. The second kappa shape index (κ2) is 11.8. The van der Waals surface area contributed by atoms with Crippen LogP contribution in [0, 0.1) is 0 Å². The highest BCUT2D eigenvalue weighted by molar-refractivity contribution is 9.10. The fourth-order valence-corrected chi connectivity index (χ4v) is 5.96.